The van der Waals surface area contributed by atoms with Gasteiger partial charge in [0.1, 0.15) is 5.76 Å². The summed E-state index contributed by atoms with van der Waals surface area (Å²) in [4.78, 5) is 14.9. The van der Waals surface area contributed by atoms with Crippen LogP contribution in [0.25, 0.3) is 0 Å². The lowest BCUT2D eigenvalue weighted by atomic mass is 10.2. The number of hydrogen-bond acceptors (Lipinski definition) is 3. The lowest BCUT2D eigenvalue weighted by molar-refractivity contribution is -0.117. The Morgan fingerprint density at radius 2 is 2.29 bits per heavy atom. The minimum absolute atomic E-state index is 0.140. The molecule has 1 amide bonds. The average Bonchev–Trinajstić information content (AvgIpc) is 2.21. The van der Waals surface area contributed by atoms with E-state index in [0.717, 1.165) is 6.42 Å². The number of aliphatic hydroxyl groups is 1. The molecule has 2 N–H and O–H groups in total. The van der Waals surface area contributed by atoms with E-state index in [0.29, 0.717) is 6.54 Å². The van der Waals surface area contributed by atoms with Gasteiger partial charge in [-0.3, -0.25) is 9.79 Å². The highest BCUT2D eigenvalue weighted by atomic mass is 16.3. The Bertz CT molecular complexity index is 267. The predicted octanol–water partition coefficient (Wildman–Crippen LogP) is 1.56. The number of carbonyl (C=O) groups is 1. The maximum atomic E-state index is 11.3. The zero-order valence-corrected chi connectivity index (χ0v) is 8.58. The van der Waals surface area contributed by atoms with Crippen molar-refractivity contribution in [2.75, 3.05) is 6.54 Å². The fourth-order valence-corrected chi connectivity index (χ4v) is 0.708. The molecule has 0 aliphatic rings. The zero-order chi connectivity index (χ0) is 11.0. The Balaban J connectivity index is 4.39. The number of aliphatic hydroxyl groups excluding tert-OH is 1. The van der Waals surface area contributed by atoms with Gasteiger partial charge in [-0.2, -0.15) is 0 Å². The number of nitrogens with one attached hydrogen (secondary N) is 1. The van der Waals surface area contributed by atoms with E-state index in [9.17, 15) is 9.90 Å². The minimum atomic E-state index is -0.278. The number of rotatable bonds is 5. The highest BCUT2D eigenvalue weighted by molar-refractivity contribution is 5.98. The van der Waals surface area contributed by atoms with E-state index in [1.807, 2.05) is 6.92 Å². The third kappa shape index (κ3) is 4.45. The summed E-state index contributed by atoms with van der Waals surface area (Å²) < 4.78 is 0. The van der Waals surface area contributed by atoms with Gasteiger partial charge in [0.2, 0.25) is 0 Å². The first-order valence-electron chi connectivity index (χ1n) is 4.45. The summed E-state index contributed by atoms with van der Waals surface area (Å²) in [5.74, 6) is -0.418. The van der Waals surface area contributed by atoms with E-state index in [-0.39, 0.29) is 17.2 Å². The van der Waals surface area contributed by atoms with Crippen molar-refractivity contribution in [2.24, 2.45) is 4.99 Å². The molecule has 0 fully saturated rings. The molecule has 0 heterocycles. The standard InChI is InChI=1S/C10H16N2O2/c1-4-6-12-10(14)8(3)9(13)7-11-5-2/h5,7,13H,2,4,6H2,1,3H3,(H,12,14)/b9-8-,11-7?. The largest absolute Gasteiger partial charge is 0.506 e. The SMILES string of the molecule is C=CN=C/C(O)=C(\C)C(=O)NCCC. The molecule has 0 aromatic rings. The van der Waals surface area contributed by atoms with Crippen LogP contribution in [0.1, 0.15) is 20.3 Å². The smallest absolute Gasteiger partial charge is 0.250 e. The highest BCUT2D eigenvalue weighted by Crippen LogP contribution is 1.98. The predicted molar refractivity (Wildman–Crippen MR) is 57.3 cm³/mol. The molecule has 0 aromatic heterocycles. The first kappa shape index (κ1) is 12.4. The third-order valence-electron chi connectivity index (χ3n) is 1.56. The molecule has 4 nitrogen and oxygen atoms in total. The summed E-state index contributed by atoms with van der Waals surface area (Å²) in [6.45, 7) is 7.45. The summed E-state index contributed by atoms with van der Waals surface area (Å²) >= 11 is 0. The molecule has 0 aliphatic carbocycles. The van der Waals surface area contributed by atoms with Crippen molar-refractivity contribution >= 4 is 12.1 Å². The minimum Gasteiger partial charge on any atom is -0.506 e. The number of carbonyl (C=O) groups excluding carboxylic acids is 1. The second-order valence-electron chi connectivity index (χ2n) is 2.73. The van der Waals surface area contributed by atoms with Crippen LogP contribution >= 0.6 is 0 Å². The van der Waals surface area contributed by atoms with E-state index < -0.39 is 0 Å². The Hall–Kier alpha value is -1.58. The molecule has 0 aliphatic heterocycles. The van der Waals surface area contributed by atoms with E-state index in [1.54, 1.807) is 0 Å². The second-order valence-corrected chi connectivity index (χ2v) is 2.73. The van der Waals surface area contributed by atoms with Gasteiger partial charge in [0.15, 0.2) is 0 Å². The van der Waals surface area contributed by atoms with Crippen molar-refractivity contribution < 1.29 is 9.90 Å². The molecule has 0 saturated heterocycles. The number of allylic oxidation sites excluding steroid dienone is 1. The molecule has 0 unspecified atom stereocenters. The van der Waals surface area contributed by atoms with Crippen molar-refractivity contribution in [3.8, 4) is 0 Å². The quantitative estimate of drug-likeness (QED) is 0.398. The number of amides is 1. The maximum Gasteiger partial charge on any atom is 0.250 e. The van der Waals surface area contributed by atoms with Gasteiger partial charge in [0.25, 0.3) is 5.91 Å². The second kappa shape index (κ2) is 6.88. The molecule has 0 rings (SSSR count). The first-order chi connectivity index (χ1) is 6.63. The Kier molecular flexibility index (Phi) is 6.11. The lowest BCUT2D eigenvalue weighted by Gasteiger charge is -2.03. The first-order valence-corrected chi connectivity index (χ1v) is 4.45. The number of nitrogens with zero attached hydrogens (tertiary/aromatic N) is 1. The summed E-state index contributed by atoms with van der Waals surface area (Å²) in [7, 11) is 0. The van der Waals surface area contributed by atoms with Gasteiger partial charge in [-0.05, 0) is 13.3 Å². The Labute approximate surface area is 84.0 Å². The van der Waals surface area contributed by atoms with Crippen LogP contribution in [0.15, 0.2) is 29.1 Å². The summed E-state index contributed by atoms with van der Waals surface area (Å²) in [6.07, 6.45) is 3.34. The molecule has 0 aromatic carbocycles. The monoisotopic (exact) mass is 196 g/mol. The molecule has 78 valence electrons. The van der Waals surface area contributed by atoms with Gasteiger partial charge in [-0.1, -0.05) is 13.5 Å². The fraction of sp³-hybridized carbons (Fsp3) is 0.400. The number of hydrogen-bond donors (Lipinski definition) is 2. The van der Waals surface area contributed by atoms with Gasteiger partial charge in [0, 0.05) is 12.7 Å². The molecule has 4 heteroatoms. The van der Waals surface area contributed by atoms with Crippen LogP contribution in [0, 0.1) is 0 Å². The zero-order valence-electron chi connectivity index (χ0n) is 8.58. The molecule has 0 bridgehead atoms. The van der Waals surface area contributed by atoms with Gasteiger partial charge in [-0.25, -0.2) is 0 Å². The van der Waals surface area contributed by atoms with E-state index in [4.69, 9.17) is 0 Å². The summed E-state index contributed by atoms with van der Waals surface area (Å²) in [5, 5.41) is 12.0. The van der Waals surface area contributed by atoms with Crippen molar-refractivity contribution in [1.29, 1.82) is 0 Å². The third-order valence-corrected chi connectivity index (χ3v) is 1.56. The molecule has 0 saturated carbocycles. The molecular weight excluding hydrogens is 180 g/mol. The van der Waals surface area contributed by atoms with Crippen LogP contribution in [0.5, 0.6) is 0 Å². The van der Waals surface area contributed by atoms with Crippen LogP contribution in [0.3, 0.4) is 0 Å². The van der Waals surface area contributed by atoms with Crippen molar-refractivity contribution in [2.45, 2.75) is 20.3 Å². The number of aliphatic imine (C=N–C) groups is 1. The van der Waals surface area contributed by atoms with E-state index in [2.05, 4.69) is 16.9 Å². The van der Waals surface area contributed by atoms with E-state index >= 15 is 0 Å². The van der Waals surface area contributed by atoms with Gasteiger partial charge in [0.05, 0.1) is 11.8 Å². The van der Waals surface area contributed by atoms with Crippen molar-refractivity contribution in [1.82, 2.24) is 5.32 Å². The molecular formula is C10H16N2O2. The van der Waals surface area contributed by atoms with Gasteiger partial charge < -0.3 is 10.4 Å². The van der Waals surface area contributed by atoms with Crippen LogP contribution in [-0.4, -0.2) is 23.8 Å². The van der Waals surface area contributed by atoms with Crippen LogP contribution in [-0.2, 0) is 4.79 Å². The molecule has 0 atom stereocenters. The molecule has 14 heavy (non-hydrogen) atoms. The van der Waals surface area contributed by atoms with Crippen molar-refractivity contribution in [3.63, 3.8) is 0 Å². The summed E-state index contributed by atoms with van der Waals surface area (Å²) in [6, 6.07) is 0. The highest BCUT2D eigenvalue weighted by Gasteiger charge is 2.06. The molecule has 0 spiro atoms. The Morgan fingerprint density at radius 1 is 1.64 bits per heavy atom. The van der Waals surface area contributed by atoms with Gasteiger partial charge >= 0.3 is 0 Å². The maximum absolute atomic E-state index is 11.3. The molecule has 0 radical (unpaired) electrons. The van der Waals surface area contributed by atoms with Crippen molar-refractivity contribution in [3.05, 3.63) is 24.1 Å². The van der Waals surface area contributed by atoms with Crippen LogP contribution < -0.4 is 5.32 Å². The average molecular weight is 196 g/mol. The normalized spacial score (nSPS) is 12.4. The fourth-order valence-electron chi connectivity index (χ4n) is 0.708. The van der Waals surface area contributed by atoms with E-state index in [1.165, 1.54) is 19.3 Å². The van der Waals surface area contributed by atoms with Crippen LogP contribution in [0.4, 0.5) is 0 Å². The Morgan fingerprint density at radius 3 is 2.79 bits per heavy atom. The van der Waals surface area contributed by atoms with Gasteiger partial charge in [-0.15, -0.1) is 0 Å². The van der Waals surface area contributed by atoms with Crippen LogP contribution in [0.2, 0.25) is 0 Å². The topological polar surface area (TPSA) is 61.7 Å². The lowest BCUT2D eigenvalue weighted by Crippen LogP contribution is -2.25. The summed E-state index contributed by atoms with van der Waals surface area (Å²) in [5.41, 5.74) is 0.254.